The fourth-order valence-electron chi connectivity index (χ4n) is 1.72. The molecule has 0 spiro atoms. The average molecular weight is 281 g/mol. The third-order valence-corrected chi connectivity index (χ3v) is 2.62. The van der Waals surface area contributed by atoms with Crippen LogP contribution in [-0.4, -0.2) is 11.9 Å². The first-order chi connectivity index (χ1) is 10.1. The highest BCUT2D eigenvalue weighted by Crippen LogP contribution is 2.23. The lowest BCUT2D eigenvalue weighted by Crippen LogP contribution is -2.10. The van der Waals surface area contributed by atoms with Crippen LogP contribution >= 0.6 is 0 Å². The van der Waals surface area contributed by atoms with Crippen molar-refractivity contribution in [3.63, 3.8) is 0 Å². The van der Waals surface area contributed by atoms with E-state index in [0.717, 1.165) is 5.56 Å². The number of anilines is 1. The van der Waals surface area contributed by atoms with Gasteiger partial charge in [-0.25, -0.2) is 4.79 Å². The Bertz CT molecular complexity index is 663. The molecule has 4 nitrogen and oxygen atoms in total. The lowest BCUT2D eigenvalue weighted by atomic mass is 10.2. The van der Waals surface area contributed by atoms with E-state index in [9.17, 15) is 9.59 Å². The number of benzene rings is 2. The number of carbonyl (C=O) groups excluding carboxylic acids is 2. The van der Waals surface area contributed by atoms with Crippen LogP contribution in [0.2, 0.25) is 0 Å². The van der Waals surface area contributed by atoms with E-state index in [1.54, 1.807) is 30.3 Å². The second-order valence-corrected chi connectivity index (χ2v) is 4.34. The molecule has 0 fully saturated rings. The van der Waals surface area contributed by atoms with Crippen molar-refractivity contribution in [1.29, 1.82) is 0 Å². The van der Waals surface area contributed by atoms with Gasteiger partial charge in [-0.05, 0) is 23.8 Å². The van der Waals surface area contributed by atoms with Gasteiger partial charge in [0.05, 0.1) is 5.69 Å². The van der Waals surface area contributed by atoms with Crippen LogP contribution in [0.4, 0.5) is 5.69 Å². The number of amides is 1. The predicted octanol–water partition coefficient (Wildman–Crippen LogP) is 3.26. The number of hydrogen-bond donors (Lipinski definition) is 1. The molecule has 0 aliphatic rings. The van der Waals surface area contributed by atoms with E-state index in [4.69, 9.17) is 4.74 Å². The van der Waals surface area contributed by atoms with Crippen molar-refractivity contribution in [3.05, 3.63) is 66.2 Å². The quantitative estimate of drug-likeness (QED) is 0.531. The Morgan fingerprint density at radius 2 is 1.67 bits per heavy atom. The number of rotatable bonds is 4. The fourth-order valence-corrected chi connectivity index (χ4v) is 1.72. The van der Waals surface area contributed by atoms with Crippen molar-refractivity contribution in [2.45, 2.75) is 6.92 Å². The molecule has 2 aromatic carbocycles. The molecule has 0 heterocycles. The van der Waals surface area contributed by atoms with Crippen molar-refractivity contribution in [2.24, 2.45) is 0 Å². The zero-order valence-corrected chi connectivity index (χ0v) is 11.6. The second kappa shape index (κ2) is 7.05. The molecule has 0 aromatic heterocycles. The Labute approximate surface area is 123 Å². The van der Waals surface area contributed by atoms with Crippen molar-refractivity contribution in [3.8, 4) is 5.75 Å². The zero-order valence-electron chi connectivity index (χ0n) is 11.6. The lowest BCUT2D eigenvalue weighted by molar-refractivity contribution is -0.129. The summed E-state index contributed by atoms with van der Waals surface area (Å²) in [4.78, 5) is 22.9. The van der Waals surface area contributed by atoms with E-state index < -0.39 is 5.97 Å². The van der Waals surface area contributed by atoms with Gasteiger partial charge in [0.1, 0.15) is 0 Å². The molecule has 2 rings (SSSR count). The maximum absolute atomic E-state index is 11.8. The summed E-state index contributed by atoms with van der Waals surface area (Å²) in [7, 11) is 0. The third kappa shape index (κ3) is 4.62. The zero-order chi connectivity index (χ0) is 15.1. The topological polar surface area (TPSA) is 55.4 Å². The van der Waals surface area contributed by atoms with Crippen molar-refractivity contribution < 1.29 is 14.3 Å². The molecule has 0 aliphatic carbocycles. The van der Waals surface area contributed by atoms with Crippen LogP contribution in [0.15, 0.2) is 60.7 Å². The Hall–Kier alpha value is -2.88. The number of hydrogen-bond acceptors (Lipinski definition) is 3. The van der Waals surface area contributed by atoms with Crippen molar-refractivity contribution >= 4 is 23.6 Å². The molecule has 0 radical (unpaired) electrons. The minimum atomic E-state index is -0.503. The van der Waals surface area contributed by atoms with Gasteiger partial charge in [0.25, 0.3) is 0 Å². The SMILES string of the molecule is CC(=O)Nc1ccccc1OC(=O)/C=C/c1ccccc1. The van der Waals surface area contributed by atoms with Gasteiger partial charge in [-0.2, -0.15) is 0 Å². The van der Waals surface area contributed by atoms with Gasteiger partial charge >= 0.3 is 5.97 Å². The molecule has 4 heteroatoms. The first-order valence-electron chi connectivity index (χ1n) is 6.47. The molecular formula is C17H15NO3. The van der Waals surface area contributed by atoms with E-state index in [-0.39, 0.29) is 5.91 Å². The Morgan fingerprint density at radius 3 is 2.38 bits per heavy atom. The summed E-state index contributed by atoms with van der Waals surface area (Å²) in [6.45, 7) is 1.40. The molecule has 0 bridgehead atoms. The van der Waals surface area contributed by atoms with Crippen molar-refractivity contribution in [2.75, 3.05) is 5.32 Å². The normalized spacial score (nSPS) is 10.3. The van der Waals surface area contributed by atoms with Gasteiger partial charge in [-0.3, -0.25) is 4.79 Å². The van der Waals surface area contributed by atoms with Crippen LogP contribution in [0.25, 0.3) is 6.08 Å². The largest absolute Gasteiger partial charge is 0.421 e. The molecule has 1 N–H and O–H groups in total. The maximum Gasteiger partial charge on any atom is 0.336 e. The highest BCUT2D eigenvalue weighted by molar-refractivity contribution is 5.93. The molecule has 0 saturated carbocycles. The summed E-state index contributed by atoms with van der Waals surface area (Å²) >= 11 is 0. The van der Waals surface area contributed by atoms with Crippen LogP contribution in [0.5, 0.6) is 5.75 Å². The maximum atomic E-state index is 11.8. The number of para-hydroxylation sites is 2. The number of ether oxygens (including phenoxy) is 1. The number of nitrogens with one attached hydrogen (secondary N) is 1. The van der Waals surface area contributed by atoms with Crippen molar-refractivity contribution in [1.82, 2.24) is 0 Å². The fraction of sp³-hybridized carbons (Fsp3) is 0.0588. The Morgan fingerprint density at radius 1 is 1.00 bits per heavy atom. The number of esters is 1. The van der Waals surface area contributed by atoms with Crippen LogP contribution < -0.4 is 10.1 Å². The molecule has 0 saturated heterocycles. The monoisotopic (exact) mass is 281 g/mol. The molecule has 0 aliphatic heterocycles. The third-order valence-electron chi connectivity index (χ3n) is 2.62. The summed E-state index contributed by atoms with van der Waals surface area (Å²) in [5.41, 5.74) is 1.37. The van der Waals surface area contributed by atoms with Gasteiger partial charge in [-0.15, -0.1) is 0 Å². The Kier molecular flexibility index (Phi) is 4.88. The van der Waals surface area contributed by atoms with E-state index in [2.05, 4.69) is 5.32 Å². The van der Waals surface area contributed by atoms with Gasteiger partial charge in [0.2, 0.25) is 5.91 Å². The van der Waals surface area contributed by atoms with Crippen LogP contribution in [0.3, 0.4) is 0 Å². The van der Waals surface area contributed by atoms with E-state index in [1.165, 1.54) is 13.0 Å². The van der Waals surface area contributed by atoms with Gasteiger partial charge in [0, 0.05) is 13.0 Å². The average Bonchev–Trinajstić information content (AvgIpc) is 2.48. The summed E-state index contributed by atoms with van der Waals surface area (Å²) < 4.78 is 5.23. The molecule has 21 heavy (non-hydrogen) atoms. The smallest absolute Gasteiger partial charge is 0.336 e. The van der Waals surface area contributed by atoms with Crippen LogP contribution in [0, 0.1) is 0 Å². The second-order valence-electron chi connectivity index (χ2n) is 4.34. The summed E-state index contributed by atoms with van der Waals surface area (Å²) in [5.74, 6) is -0.412. The van der Waals surface area contributed by atoms with E-state index in [0.29, 0.717) is 11.4 Å². The van der Waals surface area contributed by atoms with Crippen LogP contribution in [0.1, 0.15) is 12.5 Å². The van der Waals surface area contributed by atoms with E-state index in [1.807, 2.05) is 30.3 Å². The molecule has 0 unspecified atom stereocenters. The van der Waals surface area contributed by atoms with E-state index >= 15 is 0 Å². The van der Waals surface area contributed by atoms with Gasteiger partial charge in [-0.1, -0.05) is 42.5 Å². The summed E-state index contributed by atoms with van der Waals surface area (Å²) in [6, 6.07) is 16.2. The summed E-state index contributed by atoms with van der Waals surface area (Å²) in [5, 5.41) is 2.61. The molecular weight excluding hydrogens is 266 g/mol. The molecule has 2 aromatic rings. The van der Waals surface area contributed by atoms with Crippen LogP contribution in [-0.2, 0) is 9.59 Å². The first-order valence-corrected chi connectivity index (χ1v) is 6.47. The summed E-state index contributed by atoms with van der Waals surface area (Å²) in [6.07, 6.45) is 3.02. The number of carbonyl (C=O) groups is 2. The highest BCUT2D eigenvalue weighted by Gasteiger charge is 2.07. The van der Waals surface area contributed by atoms with Gasteiger partial charge in [0.15, 0.2) is 5.75 Å². The molecule has 1 amide bonds. The molecule has 106 valence electrons. The lowest BCUT2D eigenvalue weighted by Gasteiger charge is -2.08. The van der Waals surface area contributed by atoms with Gasteiger partial charge < -0.3 is 10.1 Å². The highest BCUT2D eigenvalue weighted by atomic mass is 16.5. The standard InChI is InChI=1S/C17H15NO3/c1-13(19)18-15-9-5-6-10-16(15)21-17(20)12-11-14-7-3-2-4-8-14/h2-12H,1H3,(H,18,19)/b12-11+. The predicted molar refractivity (Wildman–Crippen MR) is 81.9 cm³/mol. The Balaban J connectivity index is 2.06. The first kappa shape index (κ1) is 14.5. The molecule has 0 atom stereocenters. The minimum Gasteiger partial charge on any atom is -0.421 e. The minimum absolute atomic E-state index is 0.224.